The molecule has 1 aliphatic rings. The summed E-state index contributed by atoms with van der Waals surface area (Å²) in [6.07, 6.45) is 0.992. The number of hydrogen-bond acceptors (Lipinski definition) is 6. The highest BCUT2D eigenvalue weighted by Gasteiger charge is 2.29. The van der Waals surface area contributed by atoms with Gasteiger partial charge in [-0.3, -0.25) is 0 Å². The molecule has 2 aromatic rings. The molecule has 0 radical (unpaired) electrons. The van der Waals surface area contributed by atoms with Gasteiger partial charge in [-0.05, 0) is 24.6 Å². The predicted molar refractivity (Wildman–Crippen MR) is 77.5 cm³/mol. The van der Waals surface area contributed by atoms with Crippen LogP contribution in [0, 0.1) is 0 Å². The van der Waals surface area contributed by atoms with E-state index >= 15 is 0 Å². The minimum atomic E-state index is 0.0227. The fourth-order valence-corrected chi connectivity index (χ4v) is 2.57. The third kappa shape index (κ3) is 2.88. The van der Waals surface area contributed by atoms with E-state index < -0.39 is 0 Å². The normalized spacial score (nSPS) is 21.7. The lowest BCUT2D eigenvalue weighted by Gasteiger charge is -2.05. The van der Waals surface area contributed by atoms with E-state index in [2.05, 4.69) is 15.5 Å². The van der Waals surface area contributed by atoms with Crippen LogP contribution in [0.2, 0.25) is 5.02 Å². The summed E-state index contributed by atoms with van der Waals surface area (Å²) < 4.78 is 16.0. The average molecular weight is 310 g/mol. The van der Waals surface area contributed by atoms with Crippen molar-refractivity contribution in [3.8, 4) is 17.1 Å². The first kappa shape index (κ1) is 14.3. The fourth-order valence-electron chi connectivity index (χ4n) is 2.41. The van der Waals surface area contributed by atoms with Crippen molar-refractivity contribution < 1.29 is 14.0 Å². The number of hydrogen-bond donors (Lipinski definition) is 1. The number of methoxy groups -OCH3 is 2. The Morgan fingerprint density at radius 3 is 2.95 bits per heavy atom. The van der Waals surface area contributed by atoms with Crippen LogP contribution < -0.4 is 10.1 Å². The predicted octanol–water partition coefficient (Wildman–Crippen LogP) is 2.45. The standard InChI is InChI=1S/C14H16ClN3O3/c1-19-9-6-11(16-7-9)14-17-13(18-21-14)10-4-3-8(15)5-12(10)20-2/h3-5,9,11,16H,6-7H2,1-2H3. The molecule has 0 spiro atoms. The van der Waals surface area contributed by atoms with Crippen molar-refractivity contribution in [2.24, 2.45) is 0 Å². The van der Waals surface area contributed by atoms with Gasteiger partial charge in [0.15, 0.2) is 0 Å². The van der Waals surface area contributed by atoms with Gasteiger partial charge in [0.25, 0.3) is 0 Å². The van der Waals surface area contributed by atoms with E-state index in [1.165, 1.54) is 0 Å². The van der Waals surface area contributed by atoms with Gasteiger partial charge in [-0.15, -0.1) is 0 Å². The van der Waals surface area contributed by atoms with Gasteiger partial charge in [0.2, 0.25) is 11.7 Å². The Labute approximate surface area is 127 Å². The van der Waals surface area contributed by atoms with Crippen LogP contribution >= 0.6 is 11.6 Å². The van der Waals surface area contributed by atoms with Crippen molar-refractivity contribution in [2.45, 2.75) is 18.6 Å². The average Bonchev–Trinajstić information content (AvgIpc) is 3.15. The summed E-state index contributed by atoms with van der Waals surface area (Å²) in [6, 6.07) is 5.33. The van der Waals surface area contributed by atoms with E-state index in [9.17, 15) is 0 Å². The number of rotatable bonds is 4. The molecule has 2 unspecified atom stereocenters. The third-order valence-corrected chi connectivity index (χ3v) is 3.80. The van der Waals surface area contributed by atoms with E-state index in [0.717, 1.165) is 18.5 Å². The molecular formula is C14H16ClN3O3. The molecule has 0 saturated carbocycles. The summed E-state index contributed by atoms with van der Waals surface area (Å²) in [5, 5.41) is 7.93. The maximum absolute atomic E-state index is 5.96. The molecule has 112 valence electrons. The van der Waals surface area contributed by atoms with Crippen molar-refractivity contribution >= 4 is 11.6 Å². The van der Waals surface area contributed by atoms with E-state index in [1.807, 2.05) is 6.07 Å². The zero-order valence-electron chi connectivity index (χ0n) is 11.8. The highest BCUT2D eigenvalue weighted by Crippen LogP contribution is 2.32. The van der Waals surface area contributed by atoms with E-state index in [4.69, 9.17) is 25.6 Å². The Morgan fingerprint density at radius 1 is 1.38 bits per heavy atom. The van der Waals surface area contributed by atoms with E-state index in [1.54, 1.807) is 26.4 Å². The lowest BCUT2D eigenvalue weighted by molar-refractivity contribution is 0.116. The molecule has 7 heteroatoms. The topological polar surface area (TPSA) is 69.4 Å². The number of halogens is 1. The molecule has 1 N–H and O–H groups in total. The zero-order valence-corrected chi connectivity index (χ0v) is 12.6. The van der Waals surface area contributed by atoms with Crippen LogP contribution in [-0.2, 0) is 4.74 Å². The molecule has 2 atom stereocenters. The van der Waals surface area contributed by atoms with Gasteiger partial charge in [-0.25, -0.2) is 0 Å². The molecule has 1 saturated heterocycles. The molecule has 21 heavy (non-hydrogen) atoms. The van der Waals surface area contributed by atoms with Crippen LogP contribution in [0.25, 0.3) is 11.4 Å². The number of nitrogens with zero attached hydrogens (tertiary/aromatic N) is 2. The second kappa shape index (κ2) is 6.01. The quantitative estimate of drug-likeness (QED) is 0.935. The van der Waals surface area contributed by atoms with Crippen LogP contribution in [0.3, 0.4) is 0 Å². The van der Waals surface area contributed by atoms with Crippen molar-refractivity contribution in [2.75, 3.05) is 20.8 Å². The van der Waals surface area contributed by atoms with Crippen molar-refractivity contribution in [3.63, 3.8) is 0 Å². The Bertz CT molecular complexity index is 632. The molecule has 0 amide bonds. The van der Waals surface area contributed by atoms with Gasteiger partial charge in [0.05, 0.1) is 24.8 Å². The van der Waals surface area contributed by atoms with Crippen molar-refractivity contribution in [3.05, 3.63) is 29.1 Å². The number of aromatic nitrogens is 2. The first-order valence-corrected chi connectivity index (χ1v) is 7.02. The van der Waals surface area contributed by atoms with Crippen LogP contribution in [-0.4, -0.2) is 37.0 Å². The molecule has 1 fully saturated rings. The van der Waals surface area contributed by atoms with E-state index in [0.29, 0.717) is 22.5 Å². The number of benzene rings is 1. The lowest BCUT2D eigenvalue weighted by atomic mass is 10.2. The van der Waals surface area contributed by atoms with Crippen molar-refractivity contribution in [1.82, 2.24) is 15.5 Å². The largest absolute Gasteiger partial charge is 0.496 e. The molecule has 2 heterocycles. The second-order valence-electron chi connectivity index (χ2n) is 4.86. The molecule has 3 rings (SSSR count). The van der Waals surface area contributed by atoms with Crippen LogP contribution in [0.1, 0.15) is 18.4 Å². The summed E-state index contributed by atoms with van der Waals surface area (Å²) in [5.41, 5.74) is 0.748. The summed E-state index contributed by atoms with van der Waals surface area (Å²) in [6.45, 7) is 0.781. The molecule has 1 aliphatic heterocycles. The van der Waals surface area contributed by atoms with E-state index in [-0.39, 0.29) is 12.1 Å². The maximum atomic E-state index is 5.96. The fraction of sp³-hybridized carbons (Fsp3) is 0.429. The smallest absolute Gasteiger partial charge is 0.244 e. The lowest BCUT2D eigenvalue weighted by Crippen LogP contribution is -2.16. The Balaban J connectivity index is 1.85. The summed E-state index contributed by atoms with van der Waals surface area (Å²) >= 11 is 5.96. The summed E-state index contributed by atoms with van der Waals surface area (Å²) in [4.78, 5) is 4.45. The van der Waals surface area contributed by atoms with Gasteiger partial charge >= 0.3 is 0 Å². The summed E-state index contributed by atoms with van der Waals surface area (Å²) in [5.74, 6) is 1.66. The minimum Gasteiger partial charge on any atom is -0.496 e. The van der Waals surface area contributed by atoms with Crippen LogP contribution in [0.5, 0.6) is 5.75 Å². The minimum absolute atomic E-state index is 0.0227. The Morgan fingerprint density at radius 2 is 2.24 bits per heavy atom. The first-order valence-electron chi connectivity index (χ1n) is 6.65. The highest BCUT2D eigenvalue weighted by molar-refractivity contribution is 6.30. The van der Waals surface area contributed by atoms with Gasteiger partial charge in [0.1, 0.15) is 5.75 Å². The Hall–Kier alpha value is -1.63. The zero-order chi connectivity index (χ0) is 14.8. The molecular weight excluding hydrogens is 294 g/mol. The number of nitrogens with one attached hydrogen (secondary N) is 1. The highest BCUT2D eigenvalue weighted by atomic mass is 35.5. The number of ether oxygens (including phenoxy) is 2. The molecule has 1 aromatic carbocycles. The molecule has 0 aliphatic carbocycles. The SMILES string of the molecule is COc1cc(Cl)ccc1-c1noc(C2CC(OC)CN2)n1. The third-order valence-electron chi connectivity index (χ3n) is 3.57. The molecule has 6 nitrogen and oxygen atoms in total. The van der Waals surface area contributed by atoms with Crippen LogP contribution in [0.4, 0.5) is 0 Å². The Kier molecular flexibility index (Phi) is 4.10. The first-order chi connectivity index (χ1) is 10.2. The van der Waals surface area contributed by atoms with Gasteiger partial charge in [0, 0.05) is 18.7 Å². The maximum Gasteiger partial charge on any atom is 0.244 e. The molecule has 1 aromatic heterocycles. The van der Waals surface area contributed by atoms with Gasteiger partial charge in [-0.2, -0.15) is 4.98 Å². The molecule has 0 bridgehead atoms. The van der Waals surface area contributed by atoms with Gasteiger partial charge < -0.3 is 19.3 Å². The van der Waals surface area contributed by atoms with Crippen molar-refractivity contribution in [1.29, 1.82) is 0 Å². The second-order valence-corrected chi connectivity index (χ2v) is 5.29. The monoisotopic (exact) mass is 309 g/mol. The summed E-state index contributed by atoms with van der Waals surface area (Å²) in [7, 11) is 3.28. The van der Waals surface area contributed by atoms with Gasteiger partial charge in [-0.1, -0.05) is 16.8 Å². The van der Waals surface area contributed by atoms with Crippen LogP contribution in [0.15, 0.2) is 22.7 Å².